The lowest BCUT2D eigenvalue weighted by Crippen LogP contribution is -2.11. The number of hydrogen-bond donors (Lipinski definition) is 1. The molecule has 0 unspecified atom stereocenters. The van der Waals surface area contributed by atoms with Crippen molar-refractivity contribution < 1.29 is 4.74 Å². The van der Waals surface area contributed by atoms with Gasteiger partial charge in [0.2, 0.25) is 0 Å². The lowest BCUT2D eigenvalue weighted by Gasteiger charge is -2.09. The van der Waals surface area contributed by atoms with E-state index in [2.05, 4.69) is 5.10 Å². The Morgan fingerprint density at radius 3 is 2.89 bits per heavy atom. The van der Waals surface area contributed by atoms with Gasteiger partial charge < -0.3 is 10.5 Å². The molecule has 0 fully saturated rings. The average molecular weight is 261 g/mol. The fourth-order valence-corrected chi connectivity index (χ4v) is 1.78. The Morgan fingerprint density at radius 1 is 1.44 bits per heavy atom. The van der Waals surface area contributed by atoms with Crippen LogP contribution in [0.5, 0.6) is 5.75 Å². The molecular weight excluding hydrogens is 246 g/mol. The van der Waals surface area contributed by atoms with Crippen molar-refractivity contribution in [1.82, 2.24) is 9.78 Å². The van der Waals surface area contributed by atoms with E-state index in [-0.39, 0.29) is 0 Å². The maximum Gasteiger partial charge on any atom is 0.129 e. The van der Waals surface area contributed by atoms with Gasteiger partial charge >= 0.3 is 0 Å². The van der Waals surface area contributed by atoms with Crippen LogP contribution < -0.4 is 10.5 Å². The average Bonchev–Trinajstić information content (AvgIpc) is 2.84. The smallest absolute Gasteiger partial charge is 0.129 e. The Balaban J connectivity index is 2.08. The Hall–Kier alpha value is -1.88. The van der Waals surface area contributed by atoms with Crippen molar-refractivity contribution in [2.24, 2.45) is 5.73 Å². The number of nitrogens with zero attached hydrogens (tertiary/aromatic N) is 2. The van der Waals surface area contributed by atoms with Crippen molar-refractivity contribution in [2.75, 3.05) is 0 Å². The summed E-state index contributed by atoms with van der Waals surface area (Å²) in [6.07, 6.45) is 3.76. The number of ether oxygens (including phenoxy) is 1. The SMILES string of the molecule is CCn1cc(COc2ccccc2C(N)=S)cn1. The third-order valence-corrected chi connectivity index (χ3v) is 2.78. The van der Waals surface area contributed by atoms with Gasteiger partial charge in [-0.05, 0) is 19.1 Å². The highest BCUT2D eigenvalue weighted by Crippen LogP contribution is 2.19. The summed E-state index contributed by atoms with van der Waals surface area (Å²) in [6, 6.07) is 7.49. The minimum absolute atomic E-state index is 0.342. The molecule has 4 nitrogen and oxygen atoms in total. The molecule has 2 aromatic rings. The van der Waals surface area contributed by atoms with Gasteiger partial charge in [-0.1, -0.05) is 24.4 Å². The molecule has 0 aliphatic heterocycles. The third kappa shape index (κ3) is 2.87. The standard InChI is InChI=1S/C13H15N3OS/c1-2-16-8-10(7-15-16)9-17-12-6-4-3-5-11(12)13(14)18/h3-8H,2,9H2,1H3,(H2,14,18). The molecule has 0 spiro atoms. The van der Waals surface area contributed by atoms with E-state index in [4.69, 9.17) is 22.7 Å². The van der Waals surface area contributed by atoms with E-state index in [0.29, 0.717) is 17.3 Å². The van der Waals surface area contributed by atoms with Crippen LogP contribution in [0.1, 0.15) is 18.1 Å². The van der Waals surface area contributed by atoms with Crippen molar-refractivity contribution in [3.05, 3.63) is 47.8 Å². The first-order chi connectivity index (χ1) is 8.70. The molecule has 0 radical (unpaired) electrons. The first kappa shape index (κ1) is 12.6. The van der Waals surface area contributed by atoms with Crippen LogP contribution in [0.4, 0.5) is 0 Å². The van der Waals surface area contributed by atoms with E-state index < -0.39 is 0 Å². The van der Waals surface area contributed by atoms with Crippen LogP contribution >= 0.6 is 12.2 Å². The second-order valence-corrected chi connectivity index (χ2v) is 4.29. The summed E-state index contributed by atoms with van der Waals surface area (Å²) < 4.78 is 7.58. The Morgan fingerprint density at radius 2 is 2.22 bits per heavy atom. The van der Waals surface area contributed by atoms with E-state index in [1.807, 2.05) is 42.1 Å². The Labute approximate surface area is 111 Å². The first-order valence-electron chi connectivity index (χ1n) is 5.73. The molecule has 0 atom stereocenters. The van der Waals surface area contributed by atoms with Gasteiger partial charge in [-0.3, -0.25) is 4.68 Å². The normalized spacial score (nSPS) is 10.3. The summed E-state index contributed by atoms with van der Waals surface area (Å²) in [7, 11) is 0. The first-order valence-corrected chi connectivity index (χ1v) is 6.14. The lowest BCUT2D eigenvalue weighted by atomic mass is 10.2. The number of para-hydroxylation sites is 1. The molecule has 0 amide bonds. The van der Waals surface area contributed by atoms with E-state index in [9.17, 15) is 0 Å². The number of hydrogen-bond acceptors (Lipinski definition) is 3. The summed E-state index contributed by atoms with van der Waals surface area (Å²) >= 11 is 4.98. The second-order valence-electron chi connectivity index (χ2n) is 3.85. The minimum Gasteiger partial charge on any atom is -0.488 e. The molecular formula is C13H15N3OS. The van der Waals surface area contributed by atoms with Crippen molar-refractivity contribution in [3.63, 3.8) is 0 Å². The molecule has 1 aromatic heterocycles. The molecule has 18 heavy (non-hydrogen) atoms. The van der Waals surface area contributed by atoms with Crippen LogP contribution in [0.2, 0.25) is 0 Å². The van der Waals surface area contributed by atoms with Crippen LogP contribution in [-0.4, -0.2) is 14.8 Å². The maximum absolute atomic E-state index is 5.72. The fourth-order valence-electron chi connectivity index (χ4n) is 1.61. The highest BCUT2D eigenvalue weighted by atomic mass is 32.1. The van der Waals surface area contributed by atoms with E-state index in [0.717, 1.165) is 17.7 Å². The third-order valence-electron chi connectivity index (χ3n) is 2.56. The van der Waals surface area contributed by atoms with Gasteiger partial charge in [0.15, 0.2) is 0 Å². The van der Waals surface area contributed by atoms with Gasteiger partial charge in [0.05, 0.1) is 11.8 Å². The van der Waals surface area contributed by atoms with Crippen LogP contribution in [0.15, 0.2) is 36.7 Å². The lowest BCUT2D eigenvalue weighted by molar-refractivity contribution is 0.305. The van der Waals surface area contributed by atoms with Crippen LogP contribution in [0.25, 0.3) is 0 Å². The second kappa shape index (κ2) is 5.64. The summed E-state index contributed by atoms with van der Waals surface area (Å²) in [5.41, 5.74) is 7.43. The van der Waals surface area contributed by atoms with Crippen molar-refractivity contribution in [3.8, 4) is 5.75 Å². The molecule has 0 saturated carbocycles. The molecule has 0 aliphatic rings. The van der Waals surface area contributed by atoms with Gasteiger partial charge in [0.25, 0.3) is 0 Å². The number of thiocarbonyl (C=S) groups is 1. The molecule has 1 aromatic carbocycles. The van der Waals surface area contributed by atoms with Gasteiger partial charge in [-0.2, -0.15) is 5.10 Å². The Kier molecular flexibility index (Phi) is 3.94. The van der Waals surface area contributed by atoms with Crippen molar-refractivity contribution in [1.29, 1.82) is 0 Å². The maximum atomic E-state index is 5.72. The van der Waals surface area contributed by atoms with Crippen LogP contribution in [0, 0.1) is 0 Å². The predicted octanol–water partition coefficient (Wildman–Crippen LogP) is 2.12. The summed E-state index contributed by atoms with van der Waals surface area (Å²) in [5, 5.41) is 4.19. The van der Waals surface area contributed by atoms with Gasteiger partial charge in [0.1, 0.15) is 17.3 Å². The zero-order valence-corrected chi connectivity index (χ0v) is 11.0. The monoisotopic (exact) mass is 261 g/mol. The molecule has 2 rings (SSSR count). The zero-order valence-electron chi connectivity index (χ0n) is 10.2. The molecule has 5 heteroatoms. The molecule has 0 saturated heterocycles. The summed E-state index contributed by atoms with van der Waals surface area (Å²) in [5.74, 6) is 0.703. The largest absolute Gasteiger partial charge is 0.488 e. The Bertz CT molecular complexity index is 551. The van der Waals surface area contributed by atoms with Gasteiger partial charge in [0, 0.05) is 18.3 Å². The molecule has 2 N–H and O–H groups in total. The number of nitrogens with two attached hydrogens (primary N) is 1. The van der Waals surface area contributed by atoms with E-state index in [1.54, 1.807) is 6.20 Å². The minimum atomic E-state index is 0.342. The van der Waals surface area contributed by atoms with Crippen molar-refractivity contribution >= 4 is 17.2 Å². The van der Waals surface area contributed by atoms with Crippen LogP contribution in [-0.2, 0) is 13.2 Å². The predicted molar refractivity (Wildman–Crippen MR) is 74.6 cm³/mol. The zero-order chi connectivity index (χ0) is 13.0. The number of rotatable bonds is 5. The van der Waals surface area contributed by atoms with Crippen LogP contribution in [0.3, 0.4) is 0 Å². The van der Waals surface area contributed by atoms with Crippen molar-refractivity contribution in [2.45, 2.75) is 20.1 Å². The van der Waals surface area contributed by atoms with E-state index >= 15 is 0 Å². The highest BCUT2D eigenvalue weighted by molar-refractivity contribution is 7.80. The quantitative estimate of drug-likeness (QED) is 0.838. The molecule has 0 aliphatic carbocycles. The fraction of sp³-hybridized carbons (Fsp3) is 0.231. The summed E-state index contributed by atoms with van der Waals surface area (Å²) in [4.78, 5) is 0.342. The number of aryl methyl sites for hydroxylation is 1. The topological polar surface area (TPSA) is 53.1 Å². The molecule has 0 bridgehead atoms. The van der Waals surface area contributed by atoms with E-state index in [1.165, 1.54) is 0 Å². The number of aromatic nitrogens is 2. The summed E-state index contributed by atoms with van der Waals surface area (Å²) in [6.45, 7) is 3.35. The number of benzene rings is 1. The molecule has 1 heterocycles. The highest BCUT2D eigenvalue weighted by Gasteiger charge is 2.06. The van der Waals surface area contributed by atoms with Gasteiger partial charge in [-0.15, -0.1) is 0 Å². The molecule has 94 valence electrons. The van der Waals surface area contributed by atoms with Gasteiger partial charge in [-0.25, -0.2) is 0 Å².